The highest BCUT2D eigenvalue weighted by Crippen LogP contribution is 2.27. The van der Waals surface area contributed by atoms with Gasteiger partial charge in [0.25, 0.3) is 12.3 Å². The van der Waals surface area contributed by atoms with Crippen LogP contribution in [0.2, 0.25) is 0 Å². The summed E-state index contributed by atoms with van der Waals surface area (Å²) in [6.45, 7) is 2.23. The van der Waals surface area contributed by atoms with Gasteiger partial charge in [0.1, 0.15) is 11.9 Å². The number of amides is 2. The summed E-state index contributed by atoms with van der Waals surface area (Å²) in [6, 6.07) is 6.82. The Hall–Kier alpha value is -2.96. The maximum atomic E-state index is 14.3. The molecule has 0 unspecified atom stereocenters. The quantitative estimate of drug-likeness (QED) is 0.578. The van der Waals surface area contributed by atoms with Gasteiger partial charge in [0.2, 0.25) is 15.9 Å². The average molecular weight is 525 g/mol. The number of sulfonamides is 1. The Morgan fingerprint density at radius 1 is 1.14 bits per heavy atom. The van der Waals surface area contributed by atoms with E-state index in [0.717, 1.165) is 12.1 Å². The van der Waals surface area contributed by atoms with Gasteiger partial charge in [-0.25, -0.2) is 21.6 Å². The monoisotopic (exact) mass is 524 g/mol. The fraction of sp³-hybridized carbons (Fsp3) is 0.417. The number of rotatable bonds is 7. The van der Waals surface area contributed by atoms with Crippen LogP contribution in [0, 0.1) is 5.82 Å². The van der Waals surface area contributed by atoms with Crippen LogP contribution in [0.15, 0.2) is 47.4 Å². The van der Waals surface area contributed by atoms with Crippen LogP contribution in [0.4, 0.5) is 13.2 Å². The smallest absolute Gasteiger partial charge is 0.263 e. The lowest BCUT2D eigenvalue weighted by molar-refractivity contribution is -0.125. The van der Waals surface area contributed by atoms with E-state index in [-0.39, 0.29) is 35.2 Å². The summed E-state index contributed by atoms with van der Waals surface area (Å²) in [6.07, 6.45) is -1.88. The molecule has 0 saturated carbocycles. The number of nitrogens with two attached hydrogens (primary N) is 1. The summed E-state index contributed by atoms with van der Waals surface area (Å²) in [5.74, 6) is -1.87. The van der Waals surface area contributed by atoms with Crippen molar-refractivity contribution in [1.29, 1.82) is 0 Å². The first-order valence-corrected chi connectivity index (χ1v) is 13.0. The van der Waals surface area contributed by atoms with E-state index >= 15 is 0 Å². The van der Waals surface area contributed by atoms with E-state index in [9.17, 15) is 31.2 Å². The lowest BCUT2D eigenvalue weighted by Gasteiger charge is -2.35. The van der Waals surface area contributed by atoms with Crippen molar-refractivity contribution >= 4 is 21.8 Å². The summed E-state index contributed by atoms with van der Waals surface area (Å²) in [5, 5.41) is 2.66. The van der Waals surface area contributed by atoms with E-state index in [2.05, 4.69) is 5.32 Å². The highest BCUT2D eigenvalue weighted by molar-refractivity contribution is 7.89. The molecule has 2 saturated heterocycles. The van der Waals surface area contributed by atoms with E-state index in [0.29, 0.717) is 19.4 Å². The summed E-state index contributed by atoms with van der Waals surface area (Å²) < 4.78 is 66.8. The lowest BCUT2D eigenvalue weighted by atomic mass is 10.0. The first-order chi connectivity index (χ1) is 17.0. The zero-order valence-electron chi connectivity index (χ0n) is 19.5. The lowest BCUT2D eigenvalue weighted by Crippen LogP contribution is -2.57. The molecule has 2 atom stereocenters. The molecule has 4 rings (SSSR count). The molecule has 12 heteroatoms. The summed E-state index contributed by atoms with van der Waals surface area (Å²) in [7, 11) is -3.78. The molecule has 2 heterocycles. The number of carbonyl (C=O) groups is 2. The molecule has 2 aliphatic heterocycles. The Kier molecular flexibility index (Phi) is 7.39. The Balaban J connectivity index is 1.47. The summed E-state index contributed by atoms with van der Waals surface area (Å²) in [5.41, 5.74) is 5.41. The number of nitrogens with zero attached hydrogens (tertiary/aromatic N) is 2. The van der Waals surface area contributed by atoms with Gasteiger partial charge in [-0.3, -0.25) is 9.59 Å². The highest BCUT2D eigenvalue weighted by Gasteiger charge is 2.37. The Morgan fingerprint density at radius 2 is 1.86 bits per heavy atom. The first kappa shape index (κ1) is 26.1. The van der Waals surface area contributed by atoms with Crippen LogP contribution in [-0.2, 0) is 14.8 Å². The van der Waals surface area contributed by atoms with Gasteiger partial charge in [0.15, 0.2) is 0 Å². The minimum Gasteiger partial charge on any atom is -0.348 e. The van der Waals surface area contributed by atoms with Crippen molar-refractivity contribution in [2.75, 3.05) is 19.6 Å². The molecule has 0 aromatic heterocycles. The van der Waals surface area contributed by atoms with Crippen LogP contribution in [0.25, 0.3) is 0 Å². The van der Waals surface area contributed by atoms with Crippen molar-refractivity contribution in [2.45, 2.75) is 49.2 Å². The Bertz CT molecular complexity index is 1270. The van der Waals surface area contributed by atoms with Crippen LogP contribution in [-0.4, -0.2) is 61.2 Å². The van der Waals surface area contributed by atoms with Gasteiger partial charge in [-0.1, -0.05) is 18.2 Å². The maximum absolute atomic E-state index is 14.3. The molecule has 2 fully saturated rings. The molecule has 0 spiro atoms. The van der Waals surface area contributed by atoms with Crippen molar-refractivity contribution in [2.24, 2.45) is 5.73 Å². The van der Waals surface area contributed by atoms with Gasteiger partial charge < -0.3 is 16.0 Å². The van der Waals surface area contributed by atoms with Crippen molar-refractivity contribution in [3.8, 4) is 0 Å². The third-order valence-electron chi connectivity index (χ3n) is 6.51. The maximum Gasteiger partial charge on any atom is 0.263 e. The van der Waals surface area contributed by atoms with Crippen LogP contribution in [0.1, 0.15) is 53.7 Å². The van der Waals surface area contributed by atoms with E-state index in [1.54, 1.807) is 0 Å². The topological polar surface area (TPSA) is 113 Å². The summed E-state index contributed by atoms with van der Waals surface area (Å²) in [4.78, 5) is 27.6. The number of hydrogen-bond acceptors (Lipinski definition) is 5. The normalized spacial score (nSPS) is 19.8. The molecule has 0 radical (unpaired) electrons. The molecule has 2 amide bonds. The van der Waals surface area contributed by atoms with Crippen molar-refractivity contribution in [3.05, 3.63) is 65.0 Å². The predicted molar refractivity (Wildman–Crippen MR) is 125 cm³/mol. The van der Waals surface area contributed by atoms with Gasteiger partial charge >= 0.3 is 0 Å². The van der Waals surface area contributed by atoms with Crippen molar-refractivity contribution in [3.63, 3.8) is 0 Å². The second-order valence-corrected chi connectivity index (χ2v) is 11.0. The van der Waals surface area contributed by atoms with Gasteiger partial charge in [-0.15, -0.1) is 0 Å². The molecular weight excluding hydrogens is 497 g/mol. The molecule has 2 aliphatic rings. The average Bonchev–Trinajstić information content (AvgIpc) is 3.31. The number of alkyl halides is 2. The fourth-order valence-corrected chi connectivity index (χ4v) is 6.07. The van der Waals surface area contributed by atoms with Crippen LogP contribution in [0.5, 0.6) is 0 Å². The molecule has 0 aliphatic carbocycles. The zero-order valence-corrected chi connectivity index (χ0v) is 20.3. The highest BCUT2D eigenvalue weighted by atomic mass is 32.2. The van der Waals surface area contributed by atoms with Gasteiger partial charge in [0, 0.05) is 42.4 Å². The van der Waals surface area contributed by atoms with Crippen LogP contribution >= 0.6 is 0 Å². The molecule has 0 bridgehead atoms. The third kappa shape index (κ3) is 5.11. The first-order valence-electron chi connectivity index (χ1n) is 11.5. The largest absolute Gasteiger partial charge is 0.348 e. The number of benzene rings is 2. The Labute approximate surface area is 207 Å². The molecule has 36 heavy (non-hydrogen) atoms. The number of hydrogen-bond donors (Lipinski definition) is 2. The second-order valence-electron chi connectivity index (χ2n) is 9.08. The van der Waals surface area contributed by atoms with Gasteiger partial charge in [-0.05, 0) is 44.0 Å². The third-order valence-corrected chi connectivity index (χ3v) is 8.34. The van der Waals surface area contributed by atoms with Crippen LogP contribution in [0.3, 0.4) is 0 Å². The van der Waals surface area contributed by atoms with E-state index in [1.165, 1.54) is 46.5 Å². The number of likely N-dealkylation sites (tertiary alicyclic amines) is 1. The number of nitrogens with one attached hydrogen (secondary N) is 1. The number of carbonyl (C=O) groups excluding carboxylic acids is 2. The molecule has 8 nitrogen and oxygen atoms in total. The molecule has 2 aromatic rings. The predicted octanol–water partition coefficient (Wildman–Crippen LogP) is 2.58. The SMILES string of the molecule is C[C@@H](NC(=O)[C@H]1CCCN1C(=O)c1cccc(S(=O)(=O)N2CC(N)C2)c1)c1ccc(C(F)F)cc1F. The van der Waals surface area contributed by atoms with E-state index in [1.807, 2.05) is 0 Å². The summed E-state index contributed by atoms with van der Waals surface area (Å²) >= 11 is 0. The number of halogens is 3. The van der Waals surface area contributed by atoms with Crippen molar-refractivity contribution in [1.82, 2.24) is 14.5 Å². The second kappa shape index (κ2) is 10.2. The molecule has 2 aromatic carbocycles. The molecule has 194 valence electrons. The molecule has 3 N–H and O–H groups in total. The molecular formula is C24H27F3N4O4S. The van der Waals surface area contributed by atoms with Gasteiger partial charge in [-0.2, -0.15) is 4.31 Å². The minimum absolute atomic E-state index is 0.0307. The minimum atomic E-state index is -3.78. The van der Waals surface area contributed by atoms with E-state index in [4.69, 9.17) is 5.73 Å². The fourth-order valence-electron chi connectivity index (χ4n) is 4.47. The standard InChI is InChI=1S/C24H27F3N4O4S/c1-14(19-8-7-15(22(26)27)11-20(19)25)29-23(32)21-6-3-9-31(21)24(33)16-4-2-5-18(10-16)36(34,35)30-12-17(28)13-30/h2,4-5,7-8,10-11,14,17,21-22H,3,6,9,12-13,28H2,1H3,(H,29,32)/t14-,21-/m1/s1. The Morgan fingerprint density at radius 3 is 2.50 bits per heavy atom. The van der Waals surface area contributed by atoms with E-state index < -0.39 is 51.7 Å². The zero-order chi connectivity index (χ0) is 26.2. The van der Waals surface area contributed by atoms with Gasteiger partial charge in [0.05, 0.1) is 10.9 Å². The van der Waals surface area contributed by atoms with Crippen LogP contribution < -0.4 is 11.1 Å². The van der Waals surface area contributed by atoms with Crippen molar-refractivity contribution < 1.29 is 31.2 Å².